The molecule has 0 unspecified atom stereocenters. The molecule has 4 nitrogen and oxygen atoms in total. The molecule has 0 atom stereocenters. The van der Waals surface area contributed by atoms with Crippen LogP contribution in [-0.2, 0) is 10.2 Å². The molecule has 1 aliphatic heterocycles. The van der Waals surface area contributed by atoms with Crippen molar-refractivity contribution >= 4 is 5.91 Å². The molecule has 22 heavy (non-hydrogen) atoms. The summed E-state index contributed by atoms with van der Waals surface area (Å²) in [6, 6.07) is 9.81. The van der Waals surface area contributed by atoms with E-state index < -0.39 is 0 Å². The first-order valence-electron chi connectivity index (χ1n) is 7.35. The first kappa shape index (κ1) is 14.8. The third-order valence-electron chi connectivity index (χ3n) is 4.24. The van der Waals surface area contributed by atoms with Gasteiger partial charge in [0.05, 0.1) is 6.26 Å². The first-order valence-corrected chi connectivity index (χ1v) is 7.35. The van der Waals surface area contributed by atoms with Crippen molar-refractivity contribution < 1.29 is 18.3 Å². The molecule has 5 heteroatoms. The van der Waals surface area contributed by atoms with Gasteiger partial charge >= 0.3 is 0 Å². The van der Waals surface area contributed by atoms with E-state index in [-0.39, 0.29) is 17.1 Å². The molecule has 0 spiro atoms. The predicted molar refractivity (Wildman–Crippen MR) is 79.2 cm³/mol. The number of carbonyl (C=O) groups excluding carboxylic acids is 1. The van der Waals surface area contributed by atoms with Crippen molar-refractivity contribution in [2.24, 2.45) is 0 Å². The van der Waals surface area contributed by atoms with Crippen LogP contribution < -0.4 is 5.32 Å². The number of rotatable bonds is 4. The molecule has 2 aromatic rings. The van der Waals surface area contributed by atoms with Crippen LogP contribution in [0.25, 0.3) is 0 Å². The van der Waals surface area contributed by atoms with Gasteiger partial charge in [-0.15, -0.1) is 0 Å². The average Bonchev–Trinajstić information content (AvgIpc) is 3.09. The number of halogens is 1. The summed E-state index contributed by atoms with van der Waals surface area (Å²) in [5, 5.41) is 2.93. The number of hydrogen-bond donors (Lipinski definition) is 1. The number of nitrogens with one attached hydrogen (secondary N) is 1. The van der Waals surface area contributed by atoms with Gasteiger partial charge in [0.15, 0.2) is 5.76 Å². The summed E-state index contributed by atoms with van der Waals surface area (Å²) in [4.78, 5) is 12.1. The Morgan fingerprint density at radius 3 is 2.55 bits per heavy atom. The molecule has 0 saturated carbocycles. The molecule has 0 bridgehead atoms. The highest BCUT2D eigenvalue weighted by molar-refractivity contribution is 5.91. The molecular weight excluding hydrogens is 285 g/mol. The van der Waals surface area contributed by atoms with Crippen molar-refractivity contribution in [3.8, 4) is 0 Å². The minimum atomic E-state index is -0.259. The second-order valence-corrected chi connectivity index (χ2v) is 5.56. The summed E-state index contributed by atoms with van der Waals surface area (Å²) in [5.74, 6) is -0.204. The third kappa shape index (κ3) is 3.04. The van der Waals surface area contributed by atoms with Gasteiger partial charge in [0, 0.05) is 25.2 Å². The van der Waals surface area contributed by atoms with Crippen molar-refractivity contribution in [2.75, 3.05) is 19.8 Å². The minimum absolute atomic E-state index is 0.228. The maximum atomic E-state index is 13.2. The zero-order chi connectivity index (χ0) is 15.4. The van der Waals surface area contributed by atoms with Crippen molar-refractivity contribution in [2.45, 2.75) is 18.3 Å². The van der Waals surface area contributed by atoms with Crippen LogP contribution >= 0.6 is 0 Å². The Morgan fingerprint density at radius 1 is 1.18 bits per heavy atom. The second kappa shape index (κ2) is 6.32. The predicted octanol–water partition coefficient (Wildman–Crippen LogP) is 2.90. The summed E-state index contributed by atoms with van der Waals surface area (Å²) in [5.41, 5.74) is 0.797. The van der Waals surface area contributed by atoms with Crippen molar-refractivity contribution in [1.82, 2.24) is 5.32 Å². The van der Waals surface area contributed by atoms with Crippen LogP contribution in [0.1, 0.15) is 29.0 Å². The van der Waals surface area contributed by atoms with E-state index >= 15 is 0 Å². The molecule has 116 valence electrons. The minimum Gasteiger partial charge on any atom is -0.459 e. The maximum absolute atomic E-state index is 13.2. The Hall–Kier alpha value is -2.14. The van der Waals surface area contributed by atoms with Gasteiger partial charge in [-0.1, -0.05) is 12.1 Å². The zero-order valence-electron chi connectivity index (χ0n) is 12.2. The fourth-order valence-electron chi connectivity index (χ4n) is 2.88. The molecule has 0 aliphatic carbocycles. The van der Waals surface area contributed by atoms with Gasteiger partial charge in [-0.05, 0) is 42.7 Å². The number of benzene rings is 1. The fourth-order valence-corrected chi connectivity index (χ4v) is 2.88. The van der Waals surface area contributed by atoms with Gasteiger partial charge in [-0.3, -0.25) is 4.79 Å². The van der Waals surface area contributed by atoms with Crippen molar-refractivity contribution in [3.05, 3.63) is 59.8 Å². The maximum Gasteiger partial charge on any atom is 0.287 e. The summed E-state index contributed by atoms with van der Waals surface area (Å²) in [7, 11) is 0. The van der Waals surface area contributed by atoms with E-state index in [1.54, 1.807) is 24.3 Å². The summed E-state index contributed by atoms with van der Waals surface area (Å²) in [6.07, 6.45) is 3.05. The molecule has 1 saturated heterocycles. The van der Waals surface area contributed by atoms with E-state index in [9.17, 15) is 9.18 Å². The number of ether oxygens (including phenoxy) is 1. The lowest BCUT2D eigenvalue weighted by atomic mass is 9.74. The number of amides is 1. The lowest BCUT2D eigenvalue weighted by Gasteiger charge is -2.37. The SMILES string of the molecule is O=C(NCC1(c2ccc(F)cc2)CCOCC1)c1ccco1. The van der Waals surface area contributed by atoms with Crippen LogP contribution in [0.15, 0.2) is 47.1 Å². The van der Waals surface area contributed by atoms with Gasteiger partial charge in [0.25, 0.3) is 5.91 Å². The topological polar surface area (TPSA) is 51.5 Å². The van der Waals surface area contributed by atoms with E-state index in [1.807, 2.05) is 0 Å². The molecular formula is C17H18FNO3. The molecule has 1 N–H and O–H groups in total. The molecule has 2 heterocycles. The quantitative estimate of drug-likeness (QED) is 0.945. The van der Waals surface area contributed by atoms with Gasteiger partial charge in [0.2, 0.25) is 0 Å². The van der Waals surface area contributed by atoms with Crippen LogP contribution in [0.5, 0.6) is 0 Å². The molecule has 1 aromatic heterocycles. The van der Waals surface area contributed by atoms with Gasteiger partial charge in [-0.2, -0.15) is 0 Å². The van der Waals surface area contributed by atoms with E-state index in [2.05, 4.69) is 5.32 Å². The summed E-state index contributed by atoms with van der Waals surface area (Å²) >= 11 is 0. The highest BCUT2D eigenvalue weighted by Gasteiger charge is 2.35. The highest BCUT2D eigenvalue weighted by atomic mass is 19.1. The lowest BCUT2D eigenvalue weighted by molar-refractivity contribution is 0.0484. The highest BCUT2D eigenvalue weighted by Crippen LogP contribution is 2.34. The average molecular weight is 303 g/mol. The molecule has 1 amide bonds. The normalized spacial score (nSPS) is 17.1. The largest absolute Gasteiger partial charge is 0.459 e. The van der Waals surface area contributed by atoms with E-state index in [0.29, 0.717) is 25.5 Å². The van der Waals surface area contributed by atoms with Crippen molar-refractivity contribution in [3.63, 3.8) is 0 Å². The molecule has 3 rings (SSSR count). The van der Waals surface area contributed by atoms with E-state index in [4.69, 9.17) is 9.15 Å². The number of furan rings is 1. The van der Waals surface area contributed by atoms with Crippen molar-refractivity contribution in [1.29, 1.82) is 0 Å². The summed E-state index contributed by atoms with van der Waals surface area (Å²) in [6.45, 7) is 1.74. The van der Waals surface area contributed by atoms with Gasteiger partial charge < -0.3 is 14.5 Å². The fraction of sp³-hybridized carbons (Fsp3) is 0.353. The lowest BCUT2D eigenvalue weighted by Crippen LogP contribution is -2.44. The Morgan fingerprint density at radius 2 is 1.91 bits per heavy atom. The van der Waals surface area contributed by atoms with Gasteiger partial charge in [0.1, 0.15) is 5.82 Å². The Kier molecular flexibility index (Phi) is 4.24. The Labute approximate surface area is 128 Å². The van der Waals surface area contributed by atoms with Crippen LogP contribution in [0, 0.1) is 5.82 Å². The standard InChI is InChI=1S/C17H18FNO3/c18-14-5-3-13(4-6-14)17(7-10-21-11-8-17)12-19-16(20)15-2-1-9-22-15/h1-6,9H,7-8,10-12H2,(H,19,20). The van der Waals surface area contributed by atoms with Crippen LogP contribution in [-0.4, -0.2) is 25.7 Å². The molecule has 1 aliphatic rings. The molecule has 1 aromatic carbocycles. The Bertz CT molecular complexity index is 616. The van der Waals surface area contributed by atoms with Crippen LogP contribution in [0.3, 0.4) is 0 Å². The van der Waals surface area contributed by atoms with Gasteiger partial charge in [-0.25, -0.2) is 4.39 Å². The molecule has 0 radical (unpaired) electrons. The third-order valence-corrected chi connectivity index (χ3v) is 4.24. The van der Waals surface area contributed by atoms with Crippen LogP contribution in [0.2, 0.25) is 0 Å². The van der Waals surface area contributed by atoms with E-state index in [1.165, 1.54) is 18.4 Å². The zero-order valence-corrected chi connectivity index (χ0v) is 12.2. The first-order chi connectivity index (χ1) is 10.7. The Balaban J connectivity index is 1.77. The molecule has 1 fully saturated rings. The monoisotopic (exact) mass is 303 g/mol. The number of carbonyl (C=O) groups is 1. The van der Waals surface area contributed by atoms with Crippen LogP contribution in [0.4, 0.5) is 4.39 Å². The smallest absolute Gasteiger partial charge is 0.287 e. The number of hydrogen-bond acceptors (Lipinski definition) is 3. The summed E-state index contributed by atoms with van der Waals surface area (Å²) < 4.78 is 23.7. The van der Waals surface area contributed by atoms with E-state index in [0.717, 1.165) is 18.4 Å². The second-order valence-electron chi connectivity index (χ2n) is 5.56.